The van der Waals surface area contributed by atoms with E-state index in [2.05, 4.69) is 10.2 Å². The number of para-hydroxylation sites is 2. The molecule has 1 fully saturated rings. The molecule has 2 aromatic rings. The van der Waals surface area contributed by atoms with Crippen molar-refractivity contribution >= 4 is 23.5 Å². The number of amides is 2. The molecule has 8 nitrogen and oxygen atoms in total. The molecule has 1 atom stereocenters. The molecule has 1 aliphatic heterocycles. The Balaban J connectivity index is 1.44. The number of benzene rings is 2. The fourth-order valence-corrected chi connectivity index (χ4v) is 3.45. The van der Waals surface area contributed by atoms with E-state index in [0.29, 0.717) is 37.5 Å². The number of carbonyl (C=O) groups excluding carboxylic acids is 3. The average Bonchev–Trinajstić information content (AvgIpc) is 2.82. The van der Waals surface area contributed by atoms with Crippen LogP contribution in [0.3, 0.4) is 0 Å². The summed E-state index contributed by atoms with van der Waals surface area (Å²) in [6.45, 7) is 3.75. The van der Waals surface area contributed by atoms with Gasteiger partial charge in [0.15, 0.2) is 6.10 Å². The molecule has 164 valence electrons. The Morgan fingerprint density at radius 3 is 2.29 bits per heavy atom. The van der Waals surface area contributed by atoms with Crippen molar-refractivity contribution in [2.75, 3.05) is 44.7 Å². The van der Waals surface area contributed by atoms with Gasteiger partial charge in [0.2, 0.25) is 0 Å². The summed E-state index contributed by atoms with van der Waals surface area (Å²) in [6.07, 6.45) is -0.918. The Morgan fingerprint density at radius 1 is 0.968 bits per heavy atom. The minimum absolute atomic E-state index is 0.239. The lowest BCUT2D eigenvalue weighted by molar-refractivity contribution is -0.158. The van der Waals surface area contributed by atoms with E-state index in [4.69, 9.17) is 9.47 Å². The Morgan fingerprint density at radius 2 is 1.61 bits per heavy atom. The van der Waals surface area contributed by atoms with Crippen LogP contribution in [0.4, 0.5) is 5.69 Å². The molecule has 0 aromatic heterocycles. The van der Waals surface area contributed by atoms with Gasteiger partial charge in [-0.15, -0.1) is 0 Å². The van der Waals surface area contributed by atoms with Crippen molar-refractivity contribution in [2.45, 2.75) is 13.0 Å². The number of nitrogens with one attached hydrogen (secondary N) is 1. The molecular formula is C23H27N3O5. The van der Waals surface area contributed by atoms with Crippen LogP contribution in [-0.4, -0.2) is 68.6 Å². The van der Waals surface area contributed by atoms with E-state index >= 15 is 0 Å². The standard InChI is InChI=1S/C23H27N3O5/c1-17(23(29)26-14-12-25(13-15-26)18-8-4-3-5-9-18)31-21(27)16-24-22(28)19-10-6-7-11-20(19)30-2/h3-11,17H,12-16H2,1-2H3,(H,24,28)/t17-/m0/s1. The number of hydrogen-bond donors (Lipinski definition) is 1. The largest absolute Gasteiger partial charge is 0.496 e. The lowest BCUT2D eigenvalue weighted by Crippen LogP contribution is -2.52. The highest BCUT2D eigenvalue weighted by Crippen LogP contribution is 2.17. The Hall–Kier alpha value is -3.55. The third-order valence-corrected chi connectivity index (χ3v) is 5.11. The number of carbonyl (C=O) groups is 3. The molecule has 1 N–H and O–H groups in total. The van der Waals surface area contributed by atoms with Gasteiger partial charge in [-0.1, -0.05) is 30.3 Å². The summed E-state index contributed by atoms with van der Waals surface area (Å²) in [6, 6.07) is 16.7. The lowest BCUT2D eigenvalue weighted by Gasteiger charge is -2.37. The monoisotopic (exact) mass is 425 g/mol. The molecule has 0 spiro atoms. The molecule has 1 aliphatic rings. The van der Waals surface area contributed by atoms with Crippen molar-refractivity contribution in [1.29, 1.82) is 0 Å². The predicted octanol–water partition coefficient (Wildman–Crippen LogP) is 1.71. The Bertz CT molecular complexity index is 910. The van der Waals surface area contributed by atoms with Crippen molar-refractivity contribution in [3.63, 3.8) is 0 Å². The van der Waals surface area contributed by atoms with Gasteiger partial charge in [0, 0.05) is 31.9 Å². The SMILES string of the molecule is COc1ccccc1C(=O)NCC(=O)O[C@@H](C)C(=O)N1CCN(c2ccccc2)CC1. The quantitative estimate of drug-likeness (QED) is 0.680. The third kappa shape index (κ3) is 5.75. The fraction of sp³-hybridized carbons (Fsp3) is 0.348. The lowest BCUT2D eigenvalue weighted by atomic mass is 10.2. The zero-order valence-electron chi connectivity index (χ0n) is 17.7. The van der Waals surface area contributed by atoms with Gasteiger partial charge in [-0.25, -0.2) is 0 Å². The maximum Gasteiger partial charge on any atom is 0.326 e. The van der Waals surface area contributed by atoms with E-state index < -0.39 is 18.0 Å². The van der Waals surface area contributed by atoms with Crippen LogP contribution < -0.4 is 15.0 Å². The number of ether oxygens (including phenoxy) is 2. The first-order valence-electron chi connectivity index (χ1n) is 10.2. The molecule has 0 saturated carbocycles. The third-order valence-electron chi connectivity index (χ3n) is 5.11. The molecule has 0 aliphatic carbocycles. The molecule has 0 bridgehead atoms. The number of piperazine rings is 1. The summed E-state index contributed by atoms with van der Waals surface area (Å²) in [5, 5.41) is 2.50. The number of esters is 1. The normalized spacial score (nSPS) is 14.5. The predicted molar refractivity (Wildman–Crippen MR) is 116 cm³/mol. The van der Waals surface area contributed by atoms with Gasteiger partial charge in [0.25, 0.3) is 11.8 Å². The molecule has 0 unspecified atom stereocenters. The number of nitrogens with zero attached hydrogens (tertiary/aromatic N) is 2. The minimum atomic E-state index is -0.918. The van der Waals surface area contributed by atoms with Crippen LogP contribution in [0.15, 0.2) is 54.6 Å². The maximum absolute atomic E-state index is 12.6. The molecule has 2 amide bonds. The van der Waals surface area contributed by atoms with Gasteiger partial charge in [-0.2, -0.15) is 0 Å². The highest BCUT2D eigenvalue weighted by atomic mass is 16.5. The minimum Gasteiger partial charge on any atom is -0.496 e. The first-order chi connectivity index (χ1) is 15.0. The van der Waals surface area contributed by atoms with Crippen molar-refractivity contribution in [2.24, 2.45) is 0 Å². The highest BCUT2D eigenvalue weighted by Gasteiger charge is 2.27. The van der Waals surface area contributed by atoms with E-state index in [9.17, 15) is 14.4 Å². The summed E-state index contributed by atoms with van der Waals surface area (Å²) >= 11 is 0. The molecule has 1 saturated heterocycles. The van der Waals surface area contributed by atoms with Crippen molar-refractivity contribution in [3.8, 4) is 5.75 Å². The zero-order chi connectivity index (χ0) is 22.2. The first kappa shape index (κ1) is 22.1. The van der Waals surface area contributed by atoms with Gasteiger partial charge in [-0.3, -0.25) is 14.4 Å². The topological polar surface area (TPSA) is 88.2 Å². The van der Waals surface area contributed by atoms with E-state index in [1.54, 1.807) is 36.1 Å². The van der Waals surface area contributed by atoms with Crippen LogP contribution in [-0.2, 0) is 14.3 Å². The summed E-state index contributed by atoms with van der Waals surface area (Å²) in [7, 11) is 1.47. The second-order valence-corrected chi connectivity index (χ2v) is 7.16. The maximum atomic E-state index is 12.6. The van der Waals surface area contributed by atoms with E-state index in [-0.39, 0.29) is 12.5 Å². The molecule has 8 heteroatoms. The van der Waals surface area contributed by atoms with Crippen LogP contribution >= 0.6 is 0 Å². The fourth-order valence-electron chi connectivity index (χ4n) is 3.45. The van der Waals surface area contributed by atoms with Crippen LogP contribution in [0.2, 0.25) is 0 Å². The van der Waals surface area contributed by atoms with Crippen molar-refractivity contribution in [1.82, 2.24) is 10.2 Å². The van der Waals surface area contributed by atoms with Gasteiger partial charge in [-0.05, 0) is 31.2 Å². The van der Waals surface area contributed by atoms with E-state index in [1.165, 1.54) is 7.11 Å². The van der Waals surface area contributed by atoms with E-state index in [1.807, 2.05) is 30.3 Å². The molecule has 1 heterocycles. The van der Waals surface area contributed by atoms with Crippen molar-refractivity contribution < 1.29 is 23.9 Å². The smallest absolute Gasteiger partial charge is 0.326 e. The van der Waals surface area contributed by atoms with Crippen LogP contribution in [0.1, 0.15) is 17.3 Å². The Labute approximate surface area is 181 Å². The van der Waals surface area contributed by atoms with Gasteiger partial charge in [0.05, 0.1) is 12.7 Å². The zero-order valence-corrected chi connectivity index (χ0v) is 17.7. The number of hydrogen-bond acceptors (Lipinski definition) is 6. The van der Waals surface area contributed by atoms with Crippen molar-refractivity contribution in [3.05, 3.63) is 60.2 Å². The van der Waals surface area contributed by atoms with Crippen LogP contribution in [0.5, 0.6) is 5.75 Å². The first-order valence-corrected chi connectivity index (χ1v) is 10.2. The molecule has 0 radical (unpaired) electrons. The number of rotatable bonds is 7. The summed E-state index contributed by atoms with van der Waals surface area (Å²) in [5.41, 5.74) is 1.44. The molecule has 3 rings (SSSR count). The average molecular weight is 425 g/mol. The molecule has 2 aromatic carbocycles. The summed E-state index contributed by atoms with van der Waals surface area (Å²) in [4.78, 5) is 40.9. The van der Waals surface area contributed by atoms with Crippen LogP contribution in [0.25, 0.3) is 0 Å². The van der Waals surface area contributed by atoms with Gasteiger partial charge >= 0.3 is 5.97 Å². The highest BCUT2D eigenvalue weighted by molar-refractivity contribution is 5.98. The number of methoxy groups -OCH3 is 1. The second-order valence-electron chi connectivity index (χ2n) is 7.16. The van der Waals surface area contributed by atoms with Gasteiger partial charge < -0.3 is 24.6 Å². The number of anilines is 1. The molecular weight excluding hydrogens is 398 g/mol. The van der Waals surface area contributed by atoms with E-state index in [0.717, 1.165) is 5.69 Å². The molecule has 31 heavy (non-hydrogen) atoms. The Kier molecular flexibility index (Phi) is 7.48. The second kappa shape index (κ2) is 10.5. The van der Waals surface area contributed by atoms with Crippen LogP contribution in [0, 0.1) is 0 Å². The summed E-state index contributed by atoms with van der Waals surface area (Å²) < 4.78 is 10.4. The summed E-state index contributed by atoms with van der Waals surface area (Å²) in [5.74, 6) is -0.957. The van der Waals surface area contributed by atoms with Gasteiger partial charge in [0.1, 0.15) is 12.3 Å².